The van der Waals surface area contributed by atoms with E-state index < -0.39 is 0 Å². The number of nitrogens with two attached hydrogens (primary N) is 1. The first-order valence-corrected chi connectivity index (χ1v) is 7.41. The number of aromatic nitrogens is 1. The highest BCUT2D eigenvalue weighted by Gasteiger charge is 2.22. The summed E-state index contributed by atoms with van der Waals surface area (Å²) in [5.74, 6) is 0.936. The lowest BCUT2D eigenvalue weighted by atomic mass is 10.1. The molecule has 0 radical (unpaired) electrons. The molecule has 1 fully saturated rings. The number of nitrogen functional groups attached to an aromatic ring is 1. The zero-order valence-electron chi connectivity index (χ0n) is 12.7. The zero-order valence-corrected chi connectivity index (χ0v) is 12.7. The summed E-state index contributed by atoms with van der Waals surface area (Å²) in [6, 6.07) is 9.03. The molecule has 0 atom stereocenters. The number of carbonyl (C=O) groups excluding carboxylic acids is 1. The first kappa shape index (κ1) is 14.6. The van der Waals surface area contributed by atoms with Gasteiger partial charge in [-0.15, -0.1) is 0 Å². The van der Waals surface area contributed by atoms with Gasteiger partial charge in [0.15, 0.2) is 5.76 Å². The van der Waals surface area contributed by atoms with Crippen molar-refractivity contribution in [3.63, 3.8) is 0 Å². The van der Waals surface area contributed by atoms with Crippen molar-refractivity contribution in [2.24, 2.45) is 0 Å². The molecule has 116 valence electrons. The van der Waals surface area contributed by atoms with Crippen molar-refractivity contribution in [2.75, 3.05) is 31.9 Å². The second-order valence-corrected chi connectivity index (χ2v) is 5.62. The Kier molecular flexibility index (Phi) is 4.11. The Morgan fingerprint density at radius 1 is 1.23 bits per heavy atom. The van der Waals surface area contributed by atoms with Gasteiger partial charge in [-0.2, -0.15) is 0 Å². The van der Waals surface area contributed by atoms with Crippen LogP contribution in [0.2, 0.25) is 0 Å². The number of rotatable bonds is 3. The summed E-state index contributed by atoms with van der Waals surface area (Å²) in [6.45, 7) is 5.76. The van der Waals surface area contributed by atoms with Gasteiger partial charge < -0.3 is 15.2 Å². The summed E-state index contributed by atoms with van der Waals surface area (Å²) in [5, 5.41) is 3.90. The largest absolute Gasteiger partial charge is 0.399 e. The first-order valence-electron chi connectivity index (χ1n) is 7.41. The molecule has 3 rings (SSSR count). The molecule has 1 aliphatic heterocycles. The van der Waals surface area contributed by atoms with Crippen LogP contribution in [-0.4, -0.2) is 47.0 Å². The molecule has 1 aromatic carbocycles. The van der Waals surface area contributed by atoms with E-state index in [1.54, 1.807) is 24.3 Å². The number of aryl methyl sites for hydroxylation is 1. The molecule has 1 saturated heterocycles. The average Bonchev–Trinajstić information content (AvgIpc) is 2.93. The van der Waals surface area contributed by atoms with Crippen LogP contribution in [0.1, 0.15) is 21.8 Å². The minimum Gasteiger partial charge on any atom is -0.399 e. The van der Waals surface area contributed by atoms with Crippen LogP contribution in [0.25, 0.3) is 0 Å². The summed E-state index contributed by atoms with van der Waals surface area (Å²) in [6.07, 6.45) is 0. The van der Waals surface area contributed by atoms with Crippen LogP contribution >= 0.6 is 0 Å². The van der Waals surface area contributed by atoms with Crippen molar-refractivity contribution < 1.29 is 9.32 Å². The molecule has 1 aliphatic rings. The van der Waals surface area contributed by atoms with Crippen LogP contribution in [0.5, 0.6) is 0 Å². The van der Waals surface area contributed by atoms with Crippen LogP contribution in [0.3, 0.4) is 0 Å². The number of carbonyl (C=O) groups is 1. The summed E-state index contributed by atoms with van der Waals surface area (Å²) in [5.41, 5.74) is 7.91. The van der Waals surface area contributed by atoms with Crippen molar-refractivity contribution in [3.05, 3.63) is 47.3 Å². The third-order valence-electron chi connectivity index (χ3n) is 3.87. The minimum absolute atomic E-state index is 0.0650. The molecule has 1 aromatic heterocycles. The molecule has 0 spiro atoms. The van der Waals surface area contributed by atoms with E-state index in [1.807, 2.05) is 17.9 Å². The molecule has 2 N–H and O–H groups in total. The molecule has 2 aromatic rings. The van der Waals surface area contributed by atoms with E-state index in [4.69, 9.17) is 10.3 Å². The quantitative estimate of drug-likeness (QED) is 0.870. The van der Waals surface area contributed by atoms with Crippen LogP contribution < -0.4 is 5.73 Å². The maximum Gasteiger partial charge on any atom is 0.253 e. The third kappa shape index (κ3) is 3.28. The maximum atomic E-state index is 12.4. The van der Waals surface area contributed by atoms with Gasteiger partial charge in [-0.3, -0.25) is 9.69 Å². The lowest BCUT2D eigenvalue weighted by Gasteiger charge is -2.34. The molecule has 2 heterocycles. The van der Waals surface area contributed by atoms with Gasteiger partial charge in [0.05, 0.1) is 12.2 Å². The van der Waals surface area contributed by atoms with Crippen LogP contribution in [-0.2, 0) is 6.54 Å². The number of benzene rings is 1. The normalized spacial score (nSPS) is 16.0. The van der Waals surface area contributed by atoms with Crippen molar-refractivity contribution in [1.82, 2.24) is 15.0 Å². The smallest absolute Gasteiger partial charge is 0.253 e. The highest BCUT2D eigenvalue weighted by molar-refractivity contribution is 5.94. The van der Waals surface area contributed by atoms with E-state index in [2.05, 4.69) is 10.1 Å². The van der Waals surface area contributed by atoms with E-state index in [0.29, 0.717) is 11.3 Å². The fourth-order valence-electron chi connectivity index (χ4n) is 2.63. The van der Waals surface area contributed by atoms with Gasteiger partial charge in [-0.1, -0.05) is 5.16 Å². The van der Waals surface area contributed by atoms with Crippen molar-refractivity contribution >= 4 is 11.6 Å². The van der Waals surface area contributed by atoms with E-state index >= 15 is 0 Å². The van der Waals surface area contributed by atoms with E-state index in [9.17, 15) is 4.79 Å². The van der Waals surface area contributed by atoms with Crippen molar-refractivity contribution in [1.29, 1.82) is 0 Å². The number of anilines is 1. The Labute approximate surface area is 129 Å². The molecule has 0 unspecified atom stereocenters. The Hall–Kier alpha value is -2.34. The zero-order chi connectivity index (χ0) is 15.5. The van der Waals surface area contributed by atoms with E-state index in [0.717, 1.165) is 44.2 Å². The Bertz CT molecular complexity index is 642. The molecule has 0 saturated carbocycles. The fourth-order valence-corrected chi connectivity index (χ4v) is 2.63. The number of nitrogens with zero attached hydrogens (tertiary/aromatic N) is 3. The summed E-state index contributed by atoms with van der Waals surface area (Å²) >= 11 is 0. The highest BCUT2D eigenvalue weighted by Crippen LogP contribution is 2.13. The lowest BCUT2D eigenvalue weighted by Crippen LogP contribution is -2.48. The number of hydrogen-bond donors (Lipinski definition) is 1. The molecule has 0 aliphatic carbocycles. The summed E-state index contributed by atoms with van der Waals surface area (Å²) < 4.78 is 5.24. The van der Waals surface area contributed by atoms with Gasteiger partial charge in [-0.05, 0) is 31.2 Å². The minimum atomic E-state index is 0.0650. The van der Waals surface area contributed by atoms with Crippen LogP contribution in [0.15, 0.2) is 34.9 Å². The predicted octanol–water partition coefficient (Wildman–Crippen LogP) is 1.52. The van der Waals surface area contributed by atoms with Crippen LogP contribution in [0, 0.1) is 6.92 Å². The van der Waals surface area contributed by atoms with E-state index in [-0.39, 0.29) is 5.91 Å². The Morgan fingerprint density at radius 2 is 1.91 bits per heavy atom. The molecular weight excluding hydrogens is 280 g/mol. The lowest BCUT2D eigenvalue weighted by molar-refractivity contribution is 0.0617. The highest BCUT2D eigenvalue weighted by atomic mass is 16.5. The van der Waals surface area contributed by atoms with Crippen molar-refractivity contribution in [3.8, 4) is 0 Å². The van der Waals surface area contributed by atoms with Gasteiger partial charge in [-0.25, -0.2) is 0 Å². The maximum absolute atomic E-state index is 12.4. The van der Waals surface area contributed by atoms with Gasteiger partial charge >= 0.3 is 0 Å². The van der Waals surface area contributed by atoms with Gasteiger partial charge in [0.25, 0.3) is 5.91 Å². The Balaban J connectivity index is 1.55. The van der Waals surface area contributed by atoms with Crippen molar-refractivity contribution in [2.45, 2.75) is 13.5 Å². The van der Waals surface area contributed by atoms with Gasteiger partial charge in [0.2, 0.25) is 0 Å². The standard InChI is InChI=1S/C16H20N4O2/c1-12-10-15(22-18-12)11-19-6-8-20(9-7-19)16(21)13-2-4-14(17)5-3-13/h2-5,10H,6-9,11,17H2,1H3. The van der Waals surface area contributed by atoms with Crippen LogP contribution in [0.4, 0.5) is 5.69 Å². The summed E-state index contributed by atoms with van der Waals surface area (Å²) in [7, 11) is 0. The topological polar surface area (TPSA) is 75.6 Å². The molecule has 6 heteroatoms. The Morgan fingerprint density at radius 3 is 2.50 bits per heavy atom. The molecule has 6 nitrogen and oxygen atoms in total. The fraction of sp³-hybridized carbons (Fsp3) is 0.375. The average molecular weight is 300 g/mol. The van der Waals surface area contributed by atoms with Gasteiger partial charge in [0, 0.05) is 43.5 Å². The second kappa shape index (κ2) is 6.19. The SMILES string of the molecule is Cc1cc(CN2CCN(C(=O)c3ccc(N)cc3)CC2)on1. The number of amides is 1. The number of hydrogen-bond acceptors (Lipinski definition) is 5. The molecule has 22 heavy (non-hydrogen) atoms. The molecular formula is C16H20N4O2. The van der Waals surface area contributed by atoms with E-state index in [1.165, 1.54) is 0 Å². The molecule has 0 bridgehead atoms. The molecule has 1 amide bonds. The summed E-state index contributed by atoms with van der Waals surface area (Å²) in [4.78, 5) is 16.6. The second-order valence-electron chi connectivity index (χ2n) is 5.62. The monoisotopic (exact) mass is 300 g/mol. The first-order chi connectivity index (χ1) is 10.6. The van der Waals surface area contributed by atoms with Gasteiger partial charge in [0.1, 0.15) is 0 Å². The number of piperazine rings is 1. The predicted molar refractivity (Wildman–Crippen MR) is 83.3 cm³/mol. The third-order valence-corrected chi connectivity index (χ3v) is 3.87.